The maximum atomic E-state index is 9.68. The van der Waals surface area contributed by atoms with E-state index in [-0.39, 0.29) is 5.75 Å². The van der Waals surface area contributed by atoms with Gasteiger partial charge in [-0.05, 0) is 23.8 Å². The molecule has 0 saturated heterocycles. The minimum absolute atomic E-state index is 0.191. The van der Waals surface area contributed by atoms with Gasteiger partial charge < -0.3 is 10.8 Å². The van der Waals surface area contributed by atoms with Crippen molar-refractivity contribution in [1.82, 2.24) is 9.78 Å². The third kappa shape index (κ3) is 1.47. The summed E-state index contributed by atoms with van der Waals surface area (Å²) in [7, 11) is 0. The largest absolute Gasteiger partial charge is 0.506 e. The van der Waals surface area contributed by atoms with Crippen LogP contribution < -0.4 is 5.73 Å². The van der Waals surface area contributed by atoms with Gasteiger partial charge in [-0.1, -0.05) is 6.07 Å². The van der Waals surface area contributed by atoms with Crippen LogP contribution in [0.2, 0.25) is 0 Å². The molecule has 0 unspecified atom stereocenters. The Labute approximate surface area is 81.6 Å². The molecule has 0 aliphatic rings. The Bertz CT molecular complexity index is 423. The molecule has 0 fully saturated rings. The lowest BCUT2D eigenvalue weighted by atomic mass is 10.2. The zero-order chi connectivity index (χ0) is 9.97. The fourth-order valence-corrected chi connectivity index (χ4v) is 1.30. The standard InChI is InChI=1S/C10H11N3O/c11-7-8-2-3-9(10(14)6-8)13-5-1-4-12-13/h1-6,14H,7,11H2. The number of phenolic OH excluding ortho intramolecular Hbond substituents is 1. The number of rotatable bonds is 2. The monoisotopic (exact) mass is 189 g/mol. The SMILES string of the molecule is NCc1ccc(-n2cccn2)c(O)c1. The molecule has 2 rings (SSSR count). The Morgan fingerprint density at radius 1 is 1.43 bits per heavy atom. The molecule has 0 aliphatic carbocycles. The van der Waals surface area contributed by atoms with Gasteiger partial charge in [0.2, 0.25) is 0 Å². The average Bonchev–Trinajstić information content (AvgIpc) is 2.70. The van der Waals surface area contributed by atoms with Gasteiger partial charge in [-0.3, -0.25) is 0 Å². The molecule has 0 amide bonds. The Kier molecular flexibility index (Phi) is 2.20. The molecule has 0 bridgehead atoms. The van der Waals surface area contributed by atoms with Crippen molar-refractivity contribution >= 4 is 0 Å². The van der Waals surface area contributed by atoms with Crippen molar-refractivity contribution in [2.45, 2.75) is 6.54 Å². The average molecular weight is 189 g/mol. The second-order valence-electron chi connectivity index (χ2n) is 2.98. The summed E-state index contributed by atoms with van der Waals surface area (Å²) in [6.45, 7) is 0.424. The van der Waals surface area contributed by atoms with Crippen LogP contribution in [0.3, 0.4) is 0 Å². The van der Waals surface area contributed by atoms with Crippen LogP contribution in [0.1, 0.15) is 5.56 Å². The molecular formula is C10H11N3O. The molecule has 0 aliphatic heterocycles. The molecular weight excluding hydrogens is 178 g/mol. The Hall–Kier alpha value is -1.81. The minimum atomic E-state index is 0.191. The lowest BCUT2D eigenvalue weighted by Crippen LogP contribution is -1.99. The van der Waals surface area contributed by atoms with Gasteiger partial charge in [0.05, 0.1) is 0 Å². The van der Waals surface area contributed by atoms with E-state index in [0.29, 0.717) is 12.2 Å². The van der Waals surface area contributed by atoms with Crippen LogP contribution >= 0.6 is 0 Å². The summed E-state index contributed by atoms with van der Waals surface area (Å²) < 4.78 is 1.61. The van der Waals surface area contributed by atoms with Gasteiger partial charge in [0.25, 0.3) is 0 Å². The van der Waals surface area contributed by atoms with E-state index in [0.717, 1.165) is 5.56 Å². The molecule has 4 nitrogen and oxygen atoms in total. The van der Waals surface area contributed by atoms with E-state index >= 15 is 0 Å². The second kappa shape index (κ2) is 3.51. The quantitative estimate of drug-likeness (QED) is 0.741. The van der Waals surface area contributed by atoms with E-state index < -0.39 is 0 Å². The first-order chi connectivity index (χ1) is 6.81. The van der Waals surface area contributed by atoms with Crippen molar-refractivity contribution < 1.29 is 5.11 Å². The van der Waals surface area contributed by atoms with Gasteiger partial charge in [0.1, 0.15) is 11.4 Å². The highest BCUT2D eigenvalue weighted by Crippen LogP contribution is 2.21. The highest BCUT2D eigenvalue weighted by molar-refractivity contribution is 5.47. The van der Waals surface area contributed by atoms with Gasteiger partial charge in [0.15, 0.2) is 0 Å². The number of benzene rings is 1. The fourth-order valence-electron chi connectivity index (χ4n) is 1.30. The molecule has 0 atom stereocenters. The molecule has 3 N–H and O–H groups in total. The third-order valence-corrected chi connectivity index (χ3v) is 2.03. The first kappa shape index (κ1) is 8.77. The first-order valence-corrected chi connectivity index (χ1v) is 4.33. The van der Waals surface area contributed by atoms with E-state index in [2.05, 4.69) is 5.10 Å². The van der Waals surface area contributed by atoms with Crippen LogP contribution in [0.4, 0.5) is 0 Å². The molecule has 1 aromatic heterocycles. The van der Waals surface area contributed by atoms with Gasteiger partial charge in [-0.2, -0.15) is 5.10 Å². The van der Waals surface area contributed by atoms with Gasteiger partial charge >= 0.3 is 0 Å². The fraction of sp³-hybridized carbons (Fsp3) is 0.100. The van der Waals surface area contributed by atoms with Crippen molar-refractivity contribution in [2.75, 3.05) is 0 Å². The van der Waals surface area contributed by atoms with Crippen molar-refractivity contribution in [3.05, 3.63) is 42.2 Å². The van der Waals surface area contributed by atoms with Crippen molar-refractivity contribution in [1.29, 1.82) is 0 Å². The van der Waals surface area contributed by atoms with E-state index in [9.17, 15) is 5.11 Å². The molecule has 14 heavy (non-hydrogen) atoms. The highest BCUT2D eigenvalue weighted by Gasteiger charge is 2.03. The summed E-state index contributed by atoms with van der Waals surface area (Å²) in [6, 6.07) is 7.12. The summed E-state index contributed by atoms with van der Waals surface area (Å²) in [5.74, 6) is 0.191. The van der Waals surface area contributed by atoms with E-state index in [1.165, 1.54) is 0 Å². The smallest absolute Gasteiger partial charge is 0.141 e. The van der Waals surface area contributed by atoms with Crippen LogP contribution in [0.15, 0.2) is 36.7 Å². The molecule has 0 saturated carbocycles. The van der Waals surface area contributed by atoms with Gasteiger partial charge in [-0.15, -0.1) is 0 Å². The Morgan fingerprint density at radius 2 is 2.29 bits per heavy atom. The predicted molar refractivity (Wildman–Crippen MR) is 53.1 cm³/mol. The summed E-state index contributed by atoms with van der Waals surface area (Å²) in [4.78, 5) is 0. The van der Waals surface area contributed by atoms with Crippen LogP contribution in [0, 0.1) is 0 Å². The molecule has 0 spiro atoms. The number of nitrogens with two attached hydrogens (primary N) is 1. The molecule has 72 valence electrons. The summed E-state index contributed by atoms with van der Waals surface area (Å²) >= 11 is 0. The van der Waals surface area contributed by atoms with E-state index in [4.69, 9.17) is 5.73 Å². The number of hydrogen-bond donors (Lipinski definition) is 2. The zero-order valence-electron chi connectivity index (χ0n) is 7.59. The van der Waals surface area contributed by atoms with Crippen LogP contribution in [-0.4, -0.2) is 14.9 Å². The zero-order valence-corrected chi connectivity index (χ0v) is 7.59. The number of aromatic hydroxyl groups is 1. The van der Waals surface area contributed by atoms with E-state index in [1.54, 1.807) is 35.3 Å². The summed E-state index contributed by atoms with van der Waals surface area (Å²) in [5.41, 5.74) is 7.01. The normalized spacial score (nSPS) is 10.4. The summed E-state index contributed by atoms with van der Waals surface area (Å²) in [5, 5.41) is 13.7. The number of hydrogen-bond acceptors (Lipinski definition) is 3. The highest BCUT2D eigenvalue weighted by atomic mass is 16.3. The Morgan fingerprint density at radius 3 is 2.86 bits per heavy atom. The molecule has 1 heterocycles. The minimum Gasteiger partial charge on any atom is -0.506 e. The van der Waals surface area contributed by atoms with Crippen molar-refractivity contribution in [3.63, 3.8) is 0 Å². The molecule has 4 heteroatoms. The van der Waals surface area contributed by atoms with Crippen LogP contribution in [0.25, 0.3) is 5.69 Å². The van der Waals surface area contributed by atoms with E-state index in [1.807, 2.05) is 6.07 Å². The second-order valence-corrected chi connectivity index (χ2v) is 2.98. The topological polar surface area (TPSA) is 64.1 Å². The maximum absolute atomic E-state index is 9.68. The van der Waals surface area contributed by atoms with Gasteiger partial charge in [-0.25, -0.2) is 4.68 Å². The first-order valence-electron chi connectivity index (χ1n) is 4.33. The number of phenols is 1. The molecule has 1 aromatic carbocycles. The molecule has 0 radical (unpaired) electrons. The number of aromatic nitrogens is 2. The lowest BCUT2D eigenvalue weighted by molar-refractivity contribution is 0.469. The maximum Gasteiger partial charge on any atom is 0.141 e. The lowest BCUT2D eigenvalue weighted by Gasteiger charge is -2.05. The third-order valence-electron chi connectivity index (χ3n) is 2.03. The van der Waals surface area contributed by atoms with Gasteiger partial charge in [0, 0.05) is 18.9 Å². The number of nitrogens with zero attached hydrogens (tertiary/aromatic N) is 2. The molecule has 2 aromatic rings. The van der Waals surface area contributed by atoms with Crippen molar-refractivity contribution in [3.8, 4) is 11.4 Å². The van der Waals surface area contributed by atoms with Crippen LogP contribution in [0.5, 0.6) is 5.75 Å². The van der Waals surface area contributed by atoms with Crippen molar-refractivity contribution in [2.24, 2.45) is 5.73 Å². The predicted octanol–water partition coefficient (Wildman–Crippen LogP) is 1.04. The van der Waals surface area contributed by atoms with Crippen LogP contribution in [-0.2, 0) is 6.54 Å². The summed E-state index contributed by atoms with van der Waals surface area (Å²) in [6.07, 6.45) is 3.44. The Balaban J connectivity index is 2.46.